The highest BCUT2D eigenvalue weighted by atomic mass is 32.2. The Morgan fingerprint density at radius 3 is 2.81 bits per heavy atom. The number of benzene rings is 2. The van der Waals surface area contributed by atoms with Gasteiger partial charge in [-0.25, -0.2) is 4.39 Å². The Bertz CT molecular complexity index is 829. The van der Waals surface area contributed by atoms with E-state index in [1.54, 1.807) is 12.1 Å². The molecular weight excluding hydrogens is 365 g/mol. The molecule has 0 spiro atoms. The van der Waals surface area contributed by atoms with E-state index in [2.05, 4.69) is 0 Å². The maximum Gasteiger partial charge on any atom is 0.223 e. The molecule has 0 saturated carbocycles. The number of ether oxygens (including phenoxy) is 2. The molecule has 0 bridgehead atoms. The minimum atomic E-state index is -0.231. The topological polar surface area (TPSA) is 38.8 Å². The fraction of sp³-hybridized carbons (Fsp3) is 0.381. The largest absolute Gasteiger partial charge is 0.486 e. The first kappa shape index (κ1) is 18.2. The van der Waals surface area contributed by atoms with Crippen LogP contribution in [0.5, 0.6) is 11.5 Å². The highest BCUT2D eigenvalue weighted by Gasteiger charge is 2.30. The van der Waals surface area contributed by atoms with Gasteiger partial charge in [-0.2, -0.15) is 0 Å². The number of hydrogen-bond donors (Lipinski definition) is 0. The number of halogens is 1. The van der Waals surface area contributed by atoms with Crippen LogP contribution < -0.4 is 9.47 Å². The summed E-state index contributed by atoms with van der Waals surface area (Å²) in [4.78, 5) is 15.3. The van der Waals surface area contributed by atoms with Crippen molar-refractivity contribution in [3.63, 3.8) is 0 Å². The fourth-order valence-electron chi connectivity index (χ4n) is 3.63. The van der Waals surface area contributed by atoms with Gasteiger partial charge in [0.15, 0.2) is 11.5 Å². The number of thioether (sulfide) groups is 1. The standard InChI is InChI=1S/C21H22FNO3S/c22-16-4-1-2-6-20(16)27-13-9-21(24)23-10-3-5-17(23)15-7-8-18-19(14-15)26-12-11-25-18/h1-2,4,6-8,14,17H,3,5,9-13H2/t17-/m0/s1. The van der Waals surface area contributed by atoms with Gasteiger partial charge in [0.2, 0.25) is 5.91 Å². The first-order valence-electron chi connectivity index (χ1n) is 9.29. The van der Waals surface area contributed by atoms with E-state index in [4.69, 9.17) is 9.47 Å². The lowest BCUT2D eigenvalue weighted by Gasteiger charge is -2.27. The molecule has 4 rings (SSSR count). The Kier molecular flexibility index (Phi) is 5.53. The molecule has 1 fully saturated rings. The Hall–Kier alpha value is -2.21. The van der Waals surface area contributed by atoms with Crippen molar-refractivity contribution in [2.75, 3.05) is 25.5 Å². The molecule has 6 heteroatoms. The maximum atomic E-state index is 13.7. The SMILES string of the molecule is O=C(CCSc1ccccc1F)N1CCC[C@H]1c1ccc2c(c1)OCCO2. The summed E-state index contributed by atoms with van der Waals surface area (Å²) in [7, 11) is 0. The summed E-state index contributed by atoms with van der Waals surface area (Å²) in [6.07, 6.45) is 2.34. The molecule has 1 atom stereocenters. The van der Waals surface area contributed by atoms with Crippen molar-refractivity contribution in [2.45, 2.75) is 30.2 Å². The van der Waals surface area contributed by atoms with Crippen molar-refractivity contribution >= 4 is 17.7 Å². The number of fused-ring (bicyclic) bond motifs is 1. The van der Waals surface area contributed by atoms with Crippen LogP contribution in [0.3, 0.4) is 0 Å². The van der Waals surface area contributed by atoms with Gasteiger partial charge in [0.1, 0.15) is 19.0 Å². The van der Waals surface area contributed by atoms with Crippen molar-refractivity contribution in [3.05, 3.63) is 53.8 Å². The number of hydrogen-bond acceptors (Lipinski definition) is 4. The number of carbonyl (C=O) groups is 1. The van der Waals surface area contributed by atoms with E-state index in [9.17, 15) is 9.18 Å². The fourth-order valence-corrected chi connectivity index (χ4v) is 4.51. The van der Waals surface area contributed by atoms with E-state index >= 15 is 0 Å². The minimum absolute atomic E-state index is 0.0757. The van der Waals surface area contributed by atoms with Gasteiger partial charge in [-0.1, -0.05) is 18.2 Å². The van der Waals surface area contributed by atoms with Gasteiger partial charge in [0.05, 0.1) is 6.04 Å². The number of likely N-dealkylation sites (tertiary alicyclic amines) is 1. The molecule has 2 heterocycles. The van der Waals surface area contributed by atoms with Crippen molar-refractivity contribution in [2.24, 2.45) is 0 Å². The van der Waals surface area contributed by atoms with Crippen LogP contribution in [-0.2, 0) is 4.79 Å². The second-order valence-corrected chi connectivity index (χ2v) is 7.81. The predicted octanol–water partition coefficient (Wildman–Crippen LogP) is 4.44. The van der Waals surface area contributed by atoms with Gasteiger partial charge in [-0.15, -0.1) is 11.8 Å². The van der Waals surface area contributed by atoms with Crippen molar-refractivity contribution < 1.29 is 18.7 Å². The highest BCUT2D eigenvalue weighted by molar-refractivity contribution is 7.99. The second kappa shape index (κ2) is 8.21. The van der Waals surface area contributed by atoms with Gasteiger partial charge >= 0.3 is 0 Å². The van der Waals surface area contributed by atoms with Gasteiger partial charge in [-0.3, -0.25) is 4.79 Å². The average molecular weight is 387 g/mol. The molecule has 2 aromatic carbocycles. The monoisotopic (exact) mass is 387 g/mol. The molecule has 27 heavy (non-hydrogen) atoms. The first-order valence-corrected chi connectivity index (χ1v) is 10.3. The summed E-state index contributed by atoms with van der Waals surface area (Å²) in [6.45, 7) is 1.89. The molecule has 0 aromatic heterocycles. The first-order chi connectivity index (χ1) is 13.2. The van der Waals surface area contributed by atoms with Crippen LogP contribution in [0, 0.1) is 5.82 Å². The smallest absolute Gasteiger partial charge is 0.223 e. The van der Waals surface area contributed by atoms with Crippen molar-refractivity contribution in [1.29, 1.82) is 0 Å². The quantitative estimate of drug-likeness (QED) is 0.711. The molecule has 1 saturated heterocycles. The second-order valence-electron chi connectivity index (χ2n) is 6.68. The number of nitrogens with zero attached hydrogens (tertiary/aromatic N) is 1. The van der Waals surface area contributed by atoms with Gasteiger partial charge in [-0.05, 0) is 42.7 Å². The highest BCUT2D eigenvalue weighted by Crippen LogP contribution is 2.38. The maximum absolute atomic E-state index is 13.7. The van der Waals surface area contributed by atoms with Crippen LogP contribution in [0.2, 0.25) is 0 Å². The number of amides is 1. The van der Waals surface area contributed by atoms with E-state index < -0.39 is 0 Å². The van der Waals surface area contributed by atoms with Crippen molar-refractivity contribution in [3.8, 4) is 11.5 Å². The Morgan fingerprint density at radius 2 is 1.96 bits per heavy atom. The van der Waals surface area contributed by atoms with Crippen LogP contribution in [0.15, 0.2) is 47.4 Å². The summed E-state index contributed by atoms with van der Waals surface area (Å²) in [6, 6.07) is 12.7. The lowest BCUT2D eigenvalue weighted by Crippen LogP contribution is -2.30. The normalized spacial score (nSPS) is 18.6. The summed E-state index contributed by atoms with van der Waals surface area (Å²) >= 11 is 1.39. The van der Waals surface area contributed by atoms with Crippen LogP contribution in [0.25, 0.3) is 0 Å². The average Bonchev–Trinajstić information content (AvgIpc) is 3.19. The number of rotatable bonds is 5. The molecule has 0 aliphatic carbocycles. The minimum Gasteiger partial charge on any atom is -0.486 e. The van der Waals surface area contributed by atoms with Crippen molar-refractivity contribution in [1.82, 2.24) is 4.90 Å². The third-order valence-electron chi connectivity index (χ3n) is 4.93. The molecule has 2 aliphatic rings. The Balaban J connectivity index is 1.39. The van der Waals surface area contributed by atoms with Crippen LogP contribution in [0.4, 0.5) is 4.39 Å². The third kappa shape index (κ3) is 4.05. The lowest BCUT2D eigenvalue weighted by molar-refractivity contribution is -0.131. The zero-order valence-corrected chi connectivity index (χ0v) is 15.8. The van der Waals surface area contributed by atoms with E-state index in [-0.39, 0.29) is 17.8 Å². The van der Waals surface area contributed by atoms with E-state index in [1.165, 1.54) is 17.8 Å². The molecule has 0 radical (unpaired) electrons. The zero-order valence-electron chi connectivity index (χ0n) is 15.0. The predicted molar refractivity (Wildman–Crippen MR) is 103 cm³/mol. The number of carbonyl (C=O) groups excluding carboxylic acids is 1. The summed E-state index contributed by atoms with van der Waals surface area (Å²) in [5.74, 6) is 1.99. The molecule has 2 aromatic rings. The Labute approximate surface area is 162 Å². The van der Waals surface area contributed by atoms with Crippen LogP contribution in [-0.4, -0.2) is 36.3 Å². The molecule has 142 valence electrons. The lowest BCUT2D eigenvalue weighted by atomic mass is 10.0. The summed E-state index contributed by atoms with van der Waals surface area (Å²) in [5, 5.41) is 0. The van der Waals surface area contributed by atoms with Gasteiger partial charge in [0.25, 0.3) is 0 Å². The summed E-state index contributed by atoms with van der Waals surface area (Å²) < 4.78 is 25.0. The molecule has 0 unspecified atom stereocenters. The molecule has 2 aliphatic heterocycles. The van der Waals surface area contributed by atoms with Gasteiger partial charge in [0, 0.05) is 23.6 Å². The third-order valence-corrected chi connectivity index (χ3v) is 5.98. The van der Waals surface area contributed by atoms with E-state index in [0.29, 0.717) is 30.3 Å². The van der Waals surface area contributed by atoms with Crippen LogP contribution in [0.1, 0.15) is 30.9 Å². The van der Waals surface area contributed by atoms with Gasteiger partial charge < -0.3 is 14.4 Å². The molecule has 0 N–H and O–H groups in total. The molecule has 4 nitrogen and oxygen atoms in total. The molecule has 1 amide bonds. The molecular formula is C21H22FNO3S. The van der Waals surface area contributed by atoms with E-state index in [0.717, 1.165) is 36.4 Å². The van der Waals surface area contributed by atoms with Crippen LogP contribution >= 0.6 is 11.8 Å². The van der Waals surface area contributed by atoms with E-state index in [1.807, 2.05) is 29.2 Å². The zero-order chi connectivity index (χ0) is 18.6. The Morgan fingerprint density at radius 1 is 1.15 bits per heavy atom. The summed E-state index contributed by atoms with van der Waals surface area (Å²) in [5.41, 5.74) is 1.09.